The van der Waals surface area contributed by atoms with Crippen LogP contribution in [0.1, 0.15) is 0 Å². The van der Waals surface area contributed by atoms with Crippen LogP contribution in [0.15, 0.2) is 0 Å². The summed E-state index contributed by atoms with van der Waals surface area (Å²) in [4.78, 5) is 10.9. The lowest BCUT2D eigenvalue weighted by Gasteiger charge is -2.39. The van der Waals surface area contributed by atoms with Crippen LogP contribution in [-0.2, 0) is 14.3 Å². The van der Waals surface area contributed by atoms with Crippen LogP contribution in [0, 0.1) is 0 Å². The van der Waals surface area contributed by atoms with Crippen molar-refractivity contribution < 1.29 is 14.3 Å². The van der Waals surface area contributed by atoms with Crippen molar-refractivity contribution in [2.24, 2.45) is 5.73 Å². The van der Waals surface area contributed by atoms with Gasteiger partial charge >= 0.3 is 0 Å². The largest absolute Gasteiger partial charge is 0.383 e. The molecule has 5 nitrogen and oxygen atoms in total. The molecular weight excluding hydrogens is 160 g/mol. The van der Waals surface area contributed by atoms with E-state index in [9.17, 15) is 4.79 Å². The summed E-state index contributed by atoms with van der Waals surface area (Å²) in [6.45, 7) is 1.91. The topological polar surface area (TPSA) is 73.6 Å². The third-order valence-electron chi connectivity index (χ3n) is 1.94. The number of ether oxygens (including phenoxy) is 2. The summed E-state index contributed by atoms with van der Waals surface area (Å²) in [5.74, 6) is -0.357. The Labute approximate surface area is 71.2 Å². The number of nitrogens with two attached hydrogens (primary N) is 1. The molecule has 12 heavy (non-hydrogen) atoms. The molecule has 0 aromatic rings. The van der Waals surface area contributed by atoms with Gasteiger partial charge in [0.1, 0.15) is 5.54 Å². The minimum Gasteiger partial charge on any atom is -0.383 e. The van der Waals surface area contributed by atoms with Crippen molar-refractivity contribution in [3.05, 3.63) is 0 Å². The van der Waals surface area contributed by atoms with E-state index < -0.39 is 5.54 Å². The van der Waals surface area contributed by atoms with Crippen molar-refractivity contribution in [3.63, 3.8) is 0 Å². The van der Waals surface area contributed by atoms with Crippen LogP contribution in [0.5, 0.6) is 0 Å². The third kappa shape index (κ3) is 1.74. The van der Waals surface area contributed by atoms with Gasteiger partial charge in [-0.25, -0.2) is 0 Å². The molecule has 1 rings (SSSR count). The molecule has 0 atom stereocenters. The zero-order valence-electron chi connectivity index (χ0n) is 7.13. The summed E-state index contributed by atoms with van der Waals surface area (Å²) in [6.07, 6.45) is 0. The van der Waals surface area contributed by atoms with Gasteiger partial charge < -0.3 is 15.2 Å². The minimum atomic E-state index is -0.640. The van der Waals surface area contributed by atoms with E-state index in [-0.39, 0.29) is 5.91 Å². The Morgan fingerprint density at radius 1 is 1.75 bits per heavy atom. The van der Waals surface area contributed by atoms with E-state index in [2.05, 4.69) is 5.32 Å². The average molecular weight is 174 g/mol. The molecule has 1 aliphatic rings. The Kier molecular flexibility index (Phi) is 3.02. The number of primary amides is 1. The zero-order chi connectivity index (χ0) is 9.03. The Balaban J connectivity index is 2.30. The molecular formula is C7H14N2O3. The average Bonchev–Trinajstić information content (AvgIpc) is 1.94. The summed E-state index contributed by atoms with van der Waals surface area (Å²) in [5.41, 5.74) is 4.55. The van der Waals surface area contributed by atoms with Crippen LogP contribution in [0.25, 0.3) is 0 Å². The maximum Gasteiger partial charge on any atom is 0.242 e. The monoisotopic (exact) mass is 174 g/mol. The van der Waals surface area contributed by atoms with Crippen LogP contribution in [-0.4, -0.2) is 44.9 Å². The molecule has 1 fully saturated rings. The first kappa shape index (κ1) is 9.44. The fourth-order valence-electron chi connectivity index (χ4n) is 1.03. The molecule has 1 amide bonds. The molecule has 0 bridgehead atoms. The highest BCUT2D eigenvalue weighted by Gasteiger charge is 2.43. The molecule has 1 aliphatic heterocycles. The van der Waals surface area contributed by atoms with E-state index in [0.29, 0.717) is 26.4 Å². The highest BCUT2D eigenvalue weighted by atomic mass is 16.5. The molecule has 0 aliphatic carbocycles. The minimum absolute atomic E-state index is 0.357. The maximum atomic E-state index is 10.9. The molecule has 3 N–H and O–H groups in total. The fourth-order valence-corrected chi connectivity index (χ4v) is 1.03. The Morgan fingerprint density at radius 2 is 2.42 bits per heavy atom. The van der Waals surface area contributed by atoms with Gasteiger partial charge in [0.25, 0.3) is 0 Å². The molecule has 0 radical (unpaired) electrons. The summed E-state index contributed by atoms with van der Waals surface area (Å²) in [7, 11) is 1.61. The normalized spacial score (nSPS) is 20.1. The maximum absolute atomic E-state index is 10.9. The molecule has 0 aromatic carbocycles. The standard InChI is InChI=1S/C7H14N2O3/c1-11-3-2-9-7(6(8)10)4-12-5-7/h9H,2-5H2,1H3,(H2,8,10). The molecule has 5 heteroatoms. The highest BCUT2D eigenvalue weighted by Crippen LogP contribution is 2.15. The predicted octanol–water partition coefficient (Wildman–Crippen LogP) is -1.52. The van der Waals surface area contributed by atoms with E-state index in [1.54, 1.807) is 7.11 Å². The van der Waals surface area contributed by atoms with Gasteiger partial charge in [0, 0.05) is 13.7 Å². The van der Waals surface area contributed by atoms with Crippen molar-refractivity contribution in [2.45, 2.75) is 5.54 Å². The van der Waals surface area contributed by atoms with E-state index in [4.69, 9.17) is 15.2 Å². The fraction of sp³-hybridized carbons (Fsp3) is 0.857. The van der Waals surface area contributed by atoms with E-state index in [1.807, 2.05) is 0 Å². The highest BCUT2D eigenvalue weighted by molar-refractivity contribution is 5.85. The Hall–Kier alpha value is -0.650. The van der Waals surface area contributed by atoms with Gasteiger partial charge in [-0.3, -0.25) is 10.1 Å². The number of hydrogen-bond acceptors (Lipinski definition) is 4. The second-order valence-electron chi connectivity index (χ2n) is 2.86. The van der Waals surface area contributed by atoms with E-state index >= 15 is 0 Å². The zero-order valence-corrected chi connectivity index (χ0v) is 7.13. The van der Waals surface area contributed by atoms with Gasteiger partial charge in [-0.05, 0) is 0 Å². The molecule has 1 heterocycles. The molecule has 1 saturated heterocycles. The summed E-state index contributed by atoms with van der Waals surface area (Å²) >= 11 is 0. The molecule has 0 spiro atoms. The molecule has 0 unspecified atom stereocenters. The Bertz CT molecular complexity index is 168. The lowest BCUT2D eigenvalue weighted by molar-refractivity contribution is -0.145. The number of carbonyl (C=O) groups is 1. The number of rotatable bonds is 5. The van der Waals surface area contributed by atoms with E-state index in [1.165, 1.54) is 0 Å². The molecule has 0 aromatic heterocycles. The van der Waals surface area contributed by atoms with Crippen LogP contribution in [0.4, 0.5) is 0 Å². The SMILES string of the molecule is COCCNC1(C(N)=O)COC1. The third-order valence-corrected chi connectivity index (χ3v) is 1.94. The van der Waals surface area contributed by atoms with Gasteiger partial charge in [-0.2, -0.15) is 0 Å². The van der Waals surface area contributed by atoms with Gasteiger partial charge in [0.05, 0.1) is 19.8 Å². The van der Waals surface area contributed by atoms with E-state index in [0.717, 1.165) is 0 Å². The van der Waals surface area contributed by atoms with Crippen LogP contribution in [0.2, 0.25) is 0 Å². The summed E-state index contributed by atoms with van der Waals surface area (Å²) < 4.78 is 9.76. The smallest absolute Gasteiger partial charge is 0.242 e. The first-order valence-corrected chi connectivity index (χ1v) is 3.83. The van der Waals surface area contributed by atoms with Crippen molar-refractivity contribution in [3.8, 4) is 0 Å². The van der Waals surface area contributed by atoms with Gasteiger partial charge in [-0.15, -0.1) is 0 Å². The first-order valence-electron chi connectivity index (χ1n) is 3.83. The quantitative estimate of drug-likeness (QED) is 0.496. The lowest BCUT2D eigenvalue weighted by atomic mass is 9.97. The second kappa shape index (κ2) is 3.84. The summed E-state index contributed by atoms with van der Waals surface area (Å²) in [6, 6.07) is 0. The Morgan fingerprint density at radius 3 is 2.75 bits per heavy atom. The lowest BCUT2D eigenvalue weighted by Crippen LogP contribution is -2.68. The van der Waals surface area contributed by atoms with Crippen LogP contribution < -0.4 is 11.1 Å². The number of amides is 1. The molecule has 70 valence electrons. The van der Waals surface area contributed by atoms with Gasteiger partial charge in [-0.1, -0.05) is 0 Å². The molecule has 0 saturated carbocycles. The van der Waals surface area contributed by atoms with Crippen molar-refractivity contribution in [1.29, 1.82) is 0 Å². The van der Waals surface area contributed by atoms with Crippen LogP contribution >= 0.6 is 0 Å². The van der Waals surface area contributed by atoms with Crippen LogP contribution in [0.3, 0.4) is 0 Å². The predicted molar refractivity (Wildman–Crippen MR) is 42.6 cm³/mol. The van der Waals surface area contributed by atoms with Gasteiger partial charge in [0.15, 0.2) is 0 Å². The number of carbonyl (C=O) groups excluding carboxylic acids is 1. The van der Waals surface area contributed by atoms with Gasteiger partial charge in [0.2, 0.25) is 5.91 Å². The number of hydrogen-bond donors (Lipinski definition) is 2. The first-order chi connectivity index (χ1) is 5.71. The summed E-state index contributed by atoms with van der Waals surface area (Å²) in [5, 5.41) is 3.01. The number of nitrogens with one attached hydrogen (secondary N) is 1. The van der Waals surface area contributed by atoms with Crippen molar-refractivity contribution >= 4 is 5.91 Å². The second-order valence-corrected chi connectivity index (χ2v) is 2.86. The van der Waals surface area contributed by atoms with Crippen molar-refractivity contribution in [2.75, 3.05) is 33.5 Å². The van der Waals surface area contributed by atoms with Crippen molar-refractivity contribution in [1.82, 2.24) is 5.32 Å². The number of methoxy groups -OCH3 is 1.